The molecule has 0 heterocycles. The molecule has 0 aliphatic carbocycles. The van der Waals surface area contributed by atoms with Gasteiger partial charge < -0.3 is 5.32 Å². The maximum Gasteiger partial charge on any atom is 0.162 e. The Balaban J connectivity index is 2.30. The maximum absolute atomic E-state index is 13.8. The first-order chi connectivity index (χ1) is 10.0. The fourth-order valence-corrected chi connectivity index (χ4v) is 2.36. The van der Waals surface area contributed by atoms with Gasteiger partial charge in [0.1, 0.15) is 5.82 Å². The molecule has 2 aromatic carbocycles. The summed E-state index contributed by atoms with van der Waals surface area (Å²) in [5.74, 6) is -1.94. The van der Waals surface area contributed by atoms with Crippen LogP contribution in [-0.4, -0.2) is 6.54 Å². The van der Waals surface area contributed by atoms with Crippen molar-refractivity contribution in [3.63, 3.8) is 0 Å². The number of hydrogen-bond acceptors (Lipinski definition) is 1. The summed E-state index contributed by atoms with van der Waals surface area (Å²) in [6.45, 7) is 4.30. The molecule has 0 bridgehead atoms. The lowest BCUT2D eigenvalue weighted by molar-refractivity contribution is 0.481. The summed E-state index contributed by atoms with van der Waals surface area (Å²) in [5.41, 5.74) is 1.71. The molecule has 0 aliphatic heterocycles. The SMILES string of the molecule is CCNC(Cc1cccc(F)c1F)c1ccc(F)c(C)c1. The van der Waals surface area contributed by atoms with Crippen molar-refractivity contribution in [2.24, 2.45) is 0 Å². The van der Waals surface area contributed by atoms with Gasteiger partial charge in [-0.2, -0.15) is 0 Å². The molecule has 2 aromatic rings. The Hall–Kier alpha value is -1.81. The highest BCUT2D eigenvalue weighted by atomic mass is 19.2. The minimum atomic E-state index is -0.849. The van der Waals surface area contributed by atoms with Crippen LogP contribution in [0, 0.1) is 24.4 Å². The maximum atomic E-state index is 13.8. The topological polar surface area (TPSA) is 12.0 Å². The Morgan fingerprint density at radius 1 is 1.05 bits per heavy atom. The lowest BCUT2D eigenvalue weighted by Gasteiger charge is -2.19. The first-order valence-corrected chi connectivity index (χ1v) is 6.95. The van der Waals surface area contributed by atoms with Gasteiger partial charge >= 0.3 is 0 Å². The summed E-state index contributed by atoms with van der Waals surface area (Å²) in [6.07, 6.45) is 0.308. The Labute approximate surface area is 122 Å². The molecule has 0 radical (unpaired) electrons. The van der Waals surface area contributed by atoms with Crippen molar-refractivity contribution in [2.75, 3.05) is 6.54 Å². The minimum Gasteiger partial charge on any atom is -0.310 e. The number of rotatable bonds is 5. The molecule has 112 valence electrons. The van der Waals surface area contributed by atoms with E-state index in [9.17, 15) is 13.2 Å². The van der Waals surface area contributed by atoms with Crippen LogP contribution in [-0.2, 0) is 6.42 Å². The number of halogens is 3. The van der Waals surface area contributed by atoms with Crippen LogP contribution in [0.25, 0.3) is 0 Å². The van der Waals surface area contributed by atoms with Gasteiger partial charge in [0.05, 0.1) is 0 Å². The molecular formula is C17H18F3N. The van der Waals surface area contributed by atoms with Gasteiger partial charge in [-0.25, -0.2) is 13.2 Å². The lowest BCUT2D eigenvalue weighted by atomic mass is 9.97. The van der Waals surface area contributed by atoms with Crippen LogP contribution in [0.15, 0.2) is 36.4 Å². The van der Waals surface area contributed by atoms with Gasteiger partial charge in [-0.3, -0.25) is 0 Å². The first-order valence-electron chi connectivity index (χ1n) is 6.95. The summed E-state index contributed by atoms with van der Waals surface area (Å²) < 4.78 is 40.5. The van der Waals surface area contributed by atoms with E-state index in [2.05, 4.69) is 5.32 Å². The van der Waals surface area contributed by atoms with E-state index >= 15 is 0 Å². The molecule has 1 N–H and O–H groups in total. The van der Waals surface area contributed by atoms with Gasteiger partial charge in [-0.15, -0.1) is 0 Å². The molecule has 0 fully saturated rings. The zero-order chi connectivity index (χ0) is 15.4. The summed E-state index contributed by atoms with van der Waals surface area (Å²) >= 11 is 0. The molecule has 0 aromatic heterocycles. The van der Waals surface area contributed by atoms with Crippen LogP contribution in [0.1, 0.15) is 29.7 Å². The second-order valence-corrected chi connectivity index (χ2v) is 5.04. The smallest absolute Gasteiger partial charge is 0.162 e. The van der Waals surface area contributed by atoms with Crippen molar-refractivity contribution in [2.45, 2.75) is 26.3 Å². The number of benzene rings is 2. The molecule has 1 atom stereocenters. The van der Waals surface area contributed by atoms with Crippen molar-refractivity contribution < 1.29 is 13.2 Å². The van der Waals surface area contributed by atoms with E-state index < -0.39 is 11.6 Å². The second kappa shape index (κ2) is 6.76. The highest BCUT2D eigenvalue weighted by molar-refractivity contribution is 5.29. The summed E-state index contributed by atoms with van der Waals surface area (Å²) in [6, 6.07) is 8.78. The third-order valence-corrected chi connectivity index (χ3v) is 3.49. The van der Waals surface area contributed by atoms with Gasteiger partial charge in [-0.05, 0) is 48.7 Å². The average molecular weight is 293 g/mol. The molecule has 4 heteroatoms. The molecule has 1 unspecified atom stereocenters. The number of aryl methyl sites for hydroxylation is 1. The van der Waals surface area contributed by atoms with Crippen LogP contribution < -0.4 is 5.32 Å². The fraction of sp³-hybridized carbons (Fsp3) is 0.294. The third-order valence-electron chi connectivity index (χ3n) is 3.49. The standard InChI is InChI=1S/C17H18F3N/c1-3-21-16(12-7-8-14(18)11(2)9-12)10-13-5-4-6-15(19)17(13)20/h4-9,16,21H,3,10H2,1-2H3. The van der Waals surface area contributed by atoms with Crippen molar-refractivity contribution in [1.29, 1.82) is 0 Å². The fourth-order valence-electron chi connectivity index (χ4n) is 2.36. The van der Waals surface area contributed by atoms with E-state index in [1.165, 1.54) is 12.1 Å². The summed E-state index contributed by atoms with van der Waals surface area (Å²) in [4.78, 5) is 0. The number of likely N-dealkylation sites (N-methyl/N-ethyl adjacent to an activating group) is 1. The van der Waals surface area contributed by atoms with E-state index in [1.807, 2.05) is 6.92 Å². The molecule has 1 nitrogen and oxygen atoms in total. The highest BCUT2D eigenvalue weighted by Crippen LogP contribution is 2.23. The monoisotopic (exact) mass is 293 g/mol. The van der Waals surface area contributed by atoms with Crippen LogP contribution in [0.5, 0.6) is 0 Å². The van der Waals surface area contributed by atoms with Gasteiger partial charge in [-0.1, -0.05) is 31.2 Å². The van der Waals surface area contributed by atoms with Gasteiger partial charge in [0.2, 0.25) is 0 Å². The van der Waals surface area contributed by atoms with E-state index in [4.69, 9.17) is 0 Å². The van der Waals surface area contributed by atoms with E-state index in [1.54, 1.807) is 25.1 Å². The lowest BCUT2D eigenvalue weighted by Crippen LogP contribution is -2.23. The van der Waals surface area contributed by atoms with Gasteiger partial charge in [0.15, 0.2) is 11.6 Å². The largest absolute Gasteiger partial charge is 0.310 e. The van der Waals surface area contributed by atoms with Crippen LogP contribution in [0.3, 0.4) is 0 Å². The number of hydrogen-bond donors (Lipinski definition) is 1. The highest BCUT2D eigenvalue weighted by Gasteiger charge is 2.16. The normalized spacial score (nSPS) is 12.4. The van der Waals surface area contributed by atoms with Crippen LogP contribution in [0.4, 0.5) is 13.2 Å². The summed E-state index contributed by atoms with van der Waals surface area (Å²) in [5, 5.41) is 3.23. The van der Waals surface area contributed by atoms with Gasteiger partial charge in [0, 0.05) is 6.04 Å². The predicted octanol–water partition coefficient (Wildman–Crippen LogP) is 4.31. The van der Waals surface area contributed by atoms with Crippen molar-refractivity contribution in [3.8, 4) is 0 Å². The van der Waals surface area contributed by atoms with Gasteiger partial charge in [0.25, 0.3) is 0 Å². The minimum absolute atomic E-state index is 0.189. The molecular weight excluding hydrogens is 275 g/mol. The van der Waals surface area contributed by atoms with Crippen LogP contribution >= 0.6 is 0 Å². The predicted molar refractivity (Wildman–Crippen MR) is 77.6 cm³/mol. The molecule has 0 spiro atoms. The van der Waals surface area contributed by atoms with Crippen molar-refractivity contribution in [3.05, 3.63) is 70.5 Å². The Morgan fingerprint density at radius 3 is 2.48 bits per heavy atom. The summed E-state index contributed by atoms with van der Waals surface area (Å²) in [7, 11) is 0. The molecule has 0 aliphatic rings. The first kappa shape index (κ1) is 15.6. The molecule has 21 heavy (non-hydrogen) atoms. The zero-order valence-electron chi connectivity index (χ0n) is 12.1. The molecule has 0 saturated heterocycles. The van der Waals surface area contributed by atoms with Crippen LogP contribution in [0.2, 0.25) is 0 Å². The van der Waals surface area contributed by atoms with E-state index in [-0.39, 0.29) is 11.9 Å². The third kappa shape index (κ3) is 3.64. The Morgan fingerprint density at radius 2 is 1.81 bits per heavy atom. The quantitative estimate of drug-likeness (QED) is 0.866. The van der Waals surface area contributed by atoms with E-state index in [0.29, 0.717) is 24.1 Å². The Kier molecular flexibility index (Phi) is 5.02. The second-order valence-electron chi connectivity index (χ2n) is 5.04. The average Bonchev–Trinajstić information content (AvgIpc) is 2.46. The number of nitrogens with one attached hydrogen (secondary N) is 1. The zero-order valence-corrected chi connectivity index (χ0v) is 12.1. The van der Waals surface area contributed by atoms with Crippen molar-refractivity contribution in [1.82, 2.24) is 5.32 Å². The van der Waals surface area contributed by atoms with E-state index in [0.717, 1.165) is 11.6 Å². The molecule has 2 rings (SSSR count). The molecule has 0 amide bonds. The molecule has 0 saturated carbocycles. The Bertz CT molecular complexity index is 625. The van der Waals surface area contributed by atoms with Crippen molar-refractivity contribution >= 4 is 0 Å².